The fourth-order valence-corrected chi connectivity index (χ4v) is 1.80. The summed E-state index contributed by atoms with van der Waals surface area (Å²) in [5.41, 5.74) is 0.998. The van der Waals surface area contributed by atoms with Crippen LogP contribution >= 0.6 is 0 Å². The monoisotopic (exact) mass is 308 g/mol. The zero-order valence-electron chi connectivity index (χ0n) is 12.0. The molecule has 2 rings (SSSR count). The first-order valence-corrected chi connectivity index (χ1v) is 6.37. The number of nitrogens with zero attached hydrogens (tertiary/aromatic N) is 1. The Hall–Kier alpha value is -2.70. The number of rotatable bonds is 5. The number of nitrogens with one attached hydrogen (secondary N) is 1. The van der Waals surface area contributed by atoms with Crippen LogP contribution in [0, 0.1) is 6.92 Å². The van der Waals surface area contributed by atoms with Gasteiger partial charge in [-0.1, -0.05) is 6.07 Å². The fourth-order valence-electron chi connectivity index (χ4n) is 1.80. The molecular weight excluding hydrogens is 294 g/mol. The van der Waals surface area contributed by atoms with E-state index in [9.17, 15) is 13.6 Å². The second-order valence-electron chi connectivity index (χ2n) is 4.36. The van der Waals surface area contributed by atoms with Gasteiger partial charge in [0.05, 0.1) is 7.11 Å². The molecule has 2 aromatic rings. The number of benzene rings is 1. The van der Waals surface area contributed by atoms with Gasteiger partial charge in [0.15, 0.2) is 11.5 Å². The molecule has 0 saturated heterocycles. The van der Waals surface area contributed by atoms with E-state index in [-0.39, 0.29) is 17.1 Å². The number of pyridine rings is 1. The second kappa shape index (κ2) is 6.84. The van der Waals surface area contributed by atoms with E-state index in [1.165, 1.54) is 25.3 Å². The van der Waals surface area contributed by atoms with Crippen LogP contribution in [-0.2, 0) is 0 Å². The standard InChI is InChI=1S/C15H14F2N2O3/c1-9-4-3-5-13(18-9)19-14(20)10-6-7-11(22-15(16)17)12(8-10)21-2/h3-8,15H,1-2H3,(H,18,19,20). The third-order valence-electron chi connectivity index (χ3n) is 2.77. The van der Waals surface area contributed by atoms with Crippen molar-refractivity contribution in [2.45, 2.75) is 13.5 Å². The van der Waals surface area contributed by atoms with Crippen molar-refractivity contribution in [2.75, 3.05) is 12.4 Å². The van der Waals surface area contributed by atoms with Crippen LogP contribution in [0.25, 0.3) is 0 Å². The molecule has 0 aliphatic rings. The minimum Gasteiger partial charge on any atom is -0.493 e. The number of carbonyl (C=O) groups excluding carboxylic acids is 1. The van der Waals surface area contributed by atoms with Crippen LogP contribution in [0.1, 0.15) is 16.1 Å². The summed E-state index contributed by atoms with van der Waals surface area (Å²) in [6.45, 7) is -1.17. The molecule has 116 valence electrons. The maximum Gasteiger partial charge on any atom is 0.387 e. The summed E-state index contributed by atoms with van der Waals surface area (Å²) in [6.07, 6.45) is 0. The lowest BCUT2D eigenvalue weighted by Crippen LogP contribution is -2.13. The zero-order chi connectivity index (χ0) is 16.1. The Morgan fingerprint density at radius 3 is 2.64 bits per heavy atom. The summed E-state index contributed by atoms with van der Waals surface area (Å²) in [6, 6.07) is 9.15. The van der Waals surface area contributed by atoms with Crippen molar-refractivity contribution in [2.24, 2.45) is 0 Å². The lowest BCUT2D eigenvalue weighted by molar-refractivity contribution is -0.0512. The molecule has 0 saturated carbocycles. The largest absolute Gasteiger partial charge is 0.493 e. The SMILES string of the molecule is COc1cc(C(=O)Nc2cccc(C)n2)ccc1OC(F)F. The van der Waals surface area contributed by atoms with E-state index in [0.29, 0.717) is 5.82 Å². The molecule has 1 aromatic heterocycles. The first kappa shape index (κ1) is 15.7. The van der Waals surface area contributed by atoms with E-state index in [2.05, 4.69) is 15.0 Å². The molecule has 0 radical (unpaired) electrons. The Kier molecular flexibility index (Phi) is 4.88. The summed E-state index contributed by atoms with van der Waals surface area (Å²) in [7, 11) is 1.30. The number of hydrogen-bond acceptors (Lipinski definition) is 4. The van der Waals surface area contributed by atoms with Gasteiger partial charge in [0.25, 0.3) is 5.91 Å². The highest BCUT2D eigenvalue weighted by atomic mass is 19.3. The number of hydrogen-bond donors (Lipinski definition) is 1. The van der Waals surface area contributed by atoms with Gasteiger partial charge in [-0.3, -0.25) is 4.79 Å². The minimum absolute atomic E-state index is 0.0464. The molecular formula is C15H14F2N2O3. The third kappa shape index (κ3) is 3.91. The maximum absolute atomic E-state index is 12.3. The predicted octanol–water partition coefficient (Wildman–Crippen LogP) is 3.25. The quantitative estimate of drug-likeness (QED) is 0.921. The first-order valence-electron chi connectivity index (χ1n) is 6.37. The van der Waals surface area contributed by atoms with Gasteiger partial charge in [-0.25, -0.2) is 4.98 Å². The summed E-state index contributed by atoms with van der Waals surface area (Å²) in [4.78, 5) is 16.3. The Balaban J connectivity index is 2.19. The lowest BCUT2D eigenvalue weighted by atomic mass is 10.2. The molecule has 0 fully saturated rings. The molecule has 5 nitrogen and oxygen atoms in total. The minimum atomic E-state index is -2.97. The highest BCUT2D eigenvalue weighted by Gasteiger charge is 2.14. The zero-order valence-corrected chi connectivity index (χ0v) is 12.0. The normalized spacial score (nSPS) is 10.4. The molecule has 1 heterocycles. The van der Waals surface area contributed by atoms with Crippen LogP contribution in [-0.4, -0.2) is 24.6 Å². The number of aryl methyl sites for hydroxylation is 1. The topological polar surface area (TPSA) is 60.5 Å². The molecule has 0 bridgehead atoms. The predicted molar refractivity (Wildman–Crippen MR) is 76.6 cm³/mol. The van der Waals surface area contributed by atoms with Gasteiger partial charge in [0, 0.05) is 11.3 Å². The molecule has 0 unspecified atom stereocenters. The van der Waals surface area contributed by atoms with Crippen LogP contribution in [0.4, 0.5) is 14.6 Å². The molecule has 7 heteroatoms. The highest BCUT2D eigenvalue weighted by Crippen LogP contribution is 2.29. The Morgan fingerprint density at radius 2 is 2.00 bits per heavy atom. The van der Waals surface area contributed by atoms with E-state index in [0.717, 1.165) is 5.69 Å². The Bertz CT molecular complexity index is 678. The van der Waals surface area contributed by atoms with Crippen LogP contribution in [0.3, 0.4) is 0 Å². The van der Waals surface area contributed by atoms with Gasteiger partial charge in [0.2, 0.25) is 0 Å². The van der Waals surface area contributed by atoms with Crippen molar-refractivity contribution in [1.29, 1.82) is 0 Å². The summed E-state index contributed by atoms with van der Waals surface area (Å²) >= 11 is 0. The van der Waals surface area contributed by atoms with Gasteiger partial charge in [0.1, 0.15) is 5.82 Å². The lowest BCUT2D eigenvalue weighted by Gasteiger charge is -2.11. The number of aromatic nitrogens is 1. The average Bonchev–Trinajstić information content (AvgIpc) is 2.47. The second-order valence-corrected chi connectivity index (χ2v) is 4.36. The molecule has 0 atom stereocenters. The number of anilines is 1. The van der Waals surface area contributed by atoms with E-state index in [1.807, 2.05) is 0 Å². The van der Waals surface area contributed by atoms with E-state index in [4.69, 9.17) is 4.74 Å². The van der Waals surface area contributed by atoms with Crippen molar-refractivity contribution in [3.63, 3.8) is 0 Å². The van der Waals surface area contributed by atoms with Crippen LogP contribution < -0.4 is 14.8 Å². The van der Waals surface area contributed by atoms with Crippen LogP contribution in [0.5, 0.6) is 11.5 Å². The fraction of sp³-hybridized carbons (Fsp3) is 0.200. The molecule has 1 N–H and O–H groups in total. The third-order valence-corrected chi connectivity index (χ3v) is 2.77. The van der Waals surface area contributed by atoms with Crippen molar-refractivity contribution in [3.8, 4) is 11.5 Å². The van der Waals surface area contributed by atoms with Crippen molar-refractivity contribution < 1.29 is 23.0 Å². The highest BCUT2D eigenvalue weighted by molar-refractivity contribution is 6.04. The van der Waals surface area contributed by atoms with Gasteiger partial charge in [-0.05, 0) is 37.3 Å². The number of halogens is 2. The van der Waals surface area contributed by atoms with Crippen LogP contribution in [0.2, 0.25) is 0 Å². The molecule has 1 aromatic carbocycles. The van der Waals surface area contributed by atoms with Gasteiger partial charge in [-0.2, -0.15) is 8.78 Å². The van der Waals surface area contributed by atoms with E-state index < -0.39 is 12.5 Å². The number of alkyl halides is 2. The van der Waals surface area contributed by atoms with Crippen molar-refractivity contribution >= 4 is 11.7 Å². The Labute approximate surface area is 125 Å². The van der Waals surface area contributed by atoms with E-state index in [1.54, 1.807) is 25.1 Å². The molecule has 0 aliphatic carbocycles. The van der Waals surface area contributed by atoms with Crippen LogP contribution in [0.15, 0.2) is 36.4 Å². The molecule has 1 amide bonds. The number of methoxy groups -OCH3 is 1. The summed E-state index contributed by atoms with van der Waals surface area (Å²) in [5.74, 6) is -0.121. The van der Waals surface area contributed by atoms with Crippen molar-refractivity contribution in [1.82, 2.24) is 4.98 Å². The molecule has 0 spiro atoms. The van der Waals surface area contributed by atoms with Gasteiger partial charge >= 0.3 is 6.61 Å². The van der Waals surface area contributed by atoms with Crippen molar-refractivity contribution in [3.05, 3.63) is 47.7 Å². The van der Waals surface area contributed by atoms with Gasteiger partial charge < -0.3 is 14.8 Å². The Morgan fingerprint density at radius 1 is 1.23 bits per heavy atom. The number of amides is 1. The molecule has 22 heavy (non-hydrogen) atoms. The number of carbonyl (C=O) groups is 1. The smallest absolute Gasteiger partial charge is 0.387 e. The average molecular weight is 308 g/mol. The summed E-state index contributed by atoms with van der Waals surface area (Å²) < 4.78 is 33.8. The maximum atomic E-state index is 12.3. The number of ether oxygens (including phenoxy) is 2. The van der Waals surface area contributed by atoms with E-state index >= 15 is 0 Å². The van der Waals surface area contributed by atoms with Gasteiger partial charge in [-0.15, -0.1) is 0 Å². The summed E-state index contributed by atoms with van der Waals surface area (Å²) in [5, 5.41) is 2.62. The molecule has 0 aliphatic heterocycles. The first-order chi connectivity index (χ1) is 10.5.